The van der Waals surface area contributed by atoms with Crippen LogP contribution in [0.5, 0.6) is 0 Å². The van der Waals surface area contributed by atoms with Gasteiger partial charge >= 0.3 is 0 Å². The van der Waals surface area contributed by atoms with Gasteiger partial charge in [0.25, 0.3) is 5.91 Å². The van der Waals surface area contributed by atoms with E-state index in [0.29, 0.717) is 40.5 Å². The fourth-order valence-electron chi connectivity index (χ4n) is 2.68. The first-order chi connectivity index (χ1) is 12.0. The number of nitrogens with zero attached hydrogens (tertiary/aromatic N) is 1. The molecule has 3 amide bonds. The Labute approximate surface area is 149 Å². The minimum Gasteiger partial charge on any atom is -0.366 e. The minimum absolute atomic E-state index is 0.00139. The molecule has 0 unspecified atom stereocenters. The average molecular weight is 358 g/mol. The number of carbonyl (C=O) groups is 3. The molecule has 0 bridgehead atoms. The number of primary amides is 1. The maximum atomic E-state index is 12.4. The molecular weight excluding hydrogens is 342 g/mol. The Balaban J connectivity index is 1.80. The molecule has 0 saturated carbocycles. The zero-order chi connectivity index (χ0) is 18.0. The molecule has 1 heterocycles. The van der Waals surface area contributed by atoms with Crippen LogP contribution in [0.3, 0.4) is 0 Å². The normalized spacial score (nSPS) is 13.8. The molecule has 0 aliphatic carbocycles. The van der Waals surface area contributed by atoms with Gasteiger partial charge in [0, 0.05) is 29.8 Å². The number of hydrogen-bond donors (Lipinski definition) is 2. The molecule has 1 aliphatic heterocycles. The van der Waals surface area contributed by atoms with Crippen LogP contribution in [0, 0.1) is 0 Å². The molecule has 1 aliphatic rings. The number of nitrogens with two attached hydrogens (primary N) is 1. The Morgan fingerprint density at radius 2 is 1.76 bits per heavy atom. The van der Waals surface area contributed by atoms with E-state index in [1.165, 1.54) is 12.1 Å². The van der Waals surface area contributed by atoms with E-state index in [4.69, 9.17) is 17.3 Å². The lowest BCUT2D eigenvalue weighted by atomic mass is 10.1. The Morgan fingerprint density at radius 3 is 2.36 bits per heavy atom. The Bertz CT molecular complexity index is 849. The summed E-state index contributed by atoms with van der Waals surface area (Å²) in [6.07, 6.45) is 1.26. The SMILES string of the molecule is NC(=O)c1ccc(NC(=O)c2ccc(Cl)c(N3CCCC3=O)c2)cc1. The van der Waals surface area contributed by atoms with Crippen LogP contribution in [0.4, 0.5) is 11.4 Å². The van der Waals surface area contributed by atoms with Gasteiger partial charge in [0.15, 0.2) is 0 Å². The van der Waals surface area contributed by atoms with Crippen molar-refractivity contribution < 1.29 is 14.4 Å². The quantitative estimate of drug-likeness (QED) is 0.881. The third-order valence-electron chi connectivity index (χ3n) is 4.00. The van der Waals surface area contributed by atoms with E-state index in [1.807, 2.05) is 0 Å². The van der Waals surface area contributed by atoms with Crippen LogP contribution < -0.4 is 16.0 Å². The lowest BCUT2D eigenvalue weighted by molar-refractivity contribution is -0.117. The van der Waals surface area contributed by atoms with Crippen LogP contribution in [0.15, 0.2) is 42.5 Å². The molecule has 3 rings (SSSR count). The molecule has 1 saturated heterocycles. The molecule has 3 N–H and O–H groups in total. The molecular formula is C18H16ClN3O3. The molecule has 0 aromatic heterocycles. The van der Waals surface area contributed by atoms with Gasteiger partial charge in [0.05, 0.1) is 10.7 Å². The summed E-state index contributed by atoms with van der Waals surface area (Å²) in [6, 6.07) is 11.1. The second-order valence-corrected chi connectivity index (χ2v) is 6.12. The second-order valence-electron chi connectivity index (χ2n) is 5.71. The Kier molecular flexibility index (Phi) is 4.72. The number of nitrogens with one attached hydrogen (secondary N) is 1. The van der Waals surface area contributed by atoms with E-state index < -0.39 is 5.91 Å². The minimum atomic E-state index is -0.532. The first kappa shape index (κ1) is 17.0. The van der Waals surface area contributed by atoms with Crippen LogP contribution in [-0.4, -0.2) is 24.3 Å². The number of benzene rings is 2. The van der Waals surface area contributed by atoms with Gasteiger partial charge in [-0.1, -0.05) is 11.6 Å². The maximum Gasteiger partial charge on any atom is 0.255 e. The summed E-state index contributed by atoms with van der Waals surface area (Å²) in [6.45, 7) is 0.595. The summed E-state index contributed by atoms with van der Waals surface area (Å²) in [4.78, 5) is 37.0. The monoisotopic (exact) mass is 357 g/mol. The van der Waals surface area contributed by atoms with Gasteiger partial charge in [0.2, 0.25) is 11.8 Å². The molecule has 1 fully saturated rings. The summed E-state index contributed by atoms with van der Waals surface area (Å²) in [5.41, 5.74) is 7.01. The number of anilines is 2. The van der Waals surface area contributed by atoms with Crippen molar-refractivity contribution in [2.75, 3.05) is 16.8 Å². The number of carbonyl (C=O) groups excluding carboxylic acids is 3. The van der Waals surface area contributed by atoms with Crippen molar-refractivity contribution in [1.82, 2.24) is 0 Å². The molecule has 2 aromatic carbocycles. The van der Waals surface area contributed by atoms with E-state index in [1.54, 1.807) is 35.2 Å². The van der Waals surface area contributed by atoms with Crippen molar-refractivity contribution >= 4 is 40.7 Å². The van der Waals surface area contributed by atoms with Crippen LogP contribution in [-0.2, 0) is 4.79 Å². The topological polar surface area (TPSA) is 92.5 Å². The second kappa shape index (κ2) is 6.94. The highest BCUT2D eigenvalue weighted by atomic mass is 35.5. The summed E-state index contributed by atoms with van der Waals surface area (Å²) < 4.78 is 0. The van der Waals surface area contributed by atoms with E-state index in [0.717, 1.165) is 6.42 Å². The smallest absolute Gasteiger partial charge is 0.255 e. The third kappa shape index (κ3) is 3.64. The predicted molar refractivity (Wildman–Crippen MR) is 96.0 cm³/mol. The van der Waals surface area contributed by atoms with Crippen LogP contribution in [0.2, 0.25) is 5.02 Å². The fraction of sp³-hybridized carbons (Fsp3) is 0.167. The lowest BCUT2D eigenvalue weighted by Gasteiger charge is -2.18. The van der Waals surface area contributed by atoms with Crippen molar-refractivity contribution in [2.24, 2.45) is 5.73 Å². The fourth-order valence-corrected chi connectivity index (χ4v) is 2.90. The largest absolute Gasteiger partial charge is 0.366 e. The van der Waals surface area contributed by atoms with Crippen LogP contribution >= 0.6 is 11.6 Å². The summed E-state index contributed by atoms with van der Waals surface area (Å²) in [7, 11) is 0. The Morgan fingerprint density at radius 1 is 1.08 bits per heavy atom. The van der Waals surface area contributed by atoms with E-state index in [-0.39, 0.29) is 11.8 Å². The lowest BCUT2D eigenvalue weighted by Crippen LogP contribution is -2.24. The highest BCUT2D eigenvalue weighted by Crippen LogP contribution is 2.30. The standard InChI is InChI=1S/C18H16ClN3O3/c19-14-8-5-12(10-15(14)22-9-1-2-16(22)23)18(25)21-13-6-3-11(4-7-13)17(20)24/h3-8,10H,1-2,9H2,(H2,20,24)(H,21,25). The average Bonchev–Trinajstić information content (AvgIpc) is 3.01. The summed E-state index contributed by atoms with van der Waals surface area (Å²) >= 11 is 6.18. The van der Waals surface area contributed by atoms with Crippen molar-refractivity contribution in [1.29, 1.82) is 0 Å². The number of amides is 3. The maximum absolute atomic E-state index is 12.4. The van der Waals surface area contributed by atoms with Crippen LogP contribution in [0.25, 0.3) is 0 Å². The van der Waals surface area contributed by atoms with Gasteiger partial charge in [0.1, 0.15) is 0 Å². The van der Waals surface area contributed by atoms with Gasteiger partial charge in [-0.25, -0.2) is 0 Å². The van der Waals surface area contributed by atoms with Gasteiger partial charge in [-0.15, -0.1) is 0 Å². The first-order valence-electron chi connectivity index (χ1n) is 7.77. The van der Waals surface area contributed by atoms with Crippen molar-refractivity contribution in [3.8, 4) is 0 Å². The molecule has 6 nitrogen and oxygen atoms in total. The molecule has 0 radical (unpaired) electrons. The van der Waals surface area contributed by atoms with E-state index >= 15 is 0 Å². The van der Waals surface area contributed by atoms with Gasteiger partial charge in [-0.05, 0) is 48.9 Å². The van der Waals surface area contributed by atoms with Gasteiger partial charge < -0.3 is 16.0 Å². The molecule has 7 heteroatoms. The highest BCUT2D eigenvalue weighted by Gasteiger charge is 2.24. The van der Waals surface area contributed by atoms with E-state index in [2.05, 4.69) is 5.32 Å². The summed E-state index contributed by atoms with van der Waals surface area (Å²) in [5, 5.41) is 3.16. The summed E-state index contributed by atoms with van der Waals surface area (Å²) in [5.74, 6) is -0.867. The first-order valence-corrected chi connectivity index (χ1v) is 8.14. The number of halogens is 1. The third-order valence-corrected chi connectivity index (χ3v) is 4.32. The molecule has 128 valence electrons. The zero-order valence-corrected chi connectivity index (χ0v) is 14.0. The van der Waals surface area contributed by atoms with Crippen molar-refractivity contribution in [3.63, 3.8) is 0 Å². The predicted octanol–water partition coefficient (Wildman–Crippen LogP) is 2.82. The van der Waals surface area contributed by atoms with Gasteiger partial charge in [-0.2, -0.15) is 0 Å². The molecule has 0 spiro atoms. The van der Waals surface area contributed by atoms with Crippen LogP contribution in [0.1, 0.15) is 33.6 Å². The number of hydrogen-bond acceptors (Lipinski definition) is 3. The highest BCUT2D eigenvalue weighted by molar-refractivity contribution is 6.34. The van der Waals surface area contributed by atoms with Crippen molar-refractivity contribution in [2.45, 2.75) is 12.8 Å². The van der Waals surface area contributed by atoms with Crippen molar-refractivity contribution in [3.05, 3.63) is 58.6 Å². The zero-order valence-electron chi connectivity index (χ0n) is 13.3. The molecule has 2 aromatic rings. The molecule has 0 atom stereocenters. The number of rotatable bonds is 4. The van der Waals surface area contributed by atoms with E-state index in [9.17, 15) is 14.4 Å². The van der Waals surface area contributed by atoms with Gasteiger partial charge in [-0.3, -0.25) is 14.4 Å². The molecule has 25 heavy (non-hydrogen) atoms. The Hall–Kier alpha value is -2.86.